The minimum Gasteiger partial charge on any atom is -0.349 e. The summed E-state index contributed by atoms with van der Waals surface area (Å²) in [5.41, 5.74) is -0.252. The van der Waals surface area contributed by atoms with Crippen LogP contribution < -0.4 is 5.32 Å². The zero-order valence-electron chi connectivity index (χ0n) is 9.47. The summed E-state index contributed by atoms with van der Waals surface area (Å²) < 4.78 is 26.2. The Bertz CT molecular complexity index is 398. The van der Waals surface area contributed by atoms with Gasteiger partial charge in [-0.3, -0.25) is 4.79 Å². The fourth-order valence-corrected chi connectivity index (χ4v) is 2.00. The highest BCUT2D eigenvalue weighted by atomic mass is 79.9. The zero-order valence-corrected chi connectivity index (χ0v) is 11.1. The Morgan fingerprint density at radius 2 is 2.18 bits per heavy atom. The number of carbonyl (C=O) groups excluding carboxylic acids is 1. The molecule has 0 fully saturated rings. The van der Waals surface area contributed by atoms with Crippen molar-refractivity contribution in [2.45, 2.75) is 25.8 Å². The third-order valence-electron chi connectivity index (χ3n) is 2.46. The van der Waals surface area contributed by atoms with Gasteiger partial charge in [-0.15, -0.1) is 0 Å². The maximum absolute atomic E-state index is 13.3. The molecule has 94 valence electrons. The van der Waals surface area contributed by atoms with E-state index in [1.165, 1.54) is 0 Å². The molecule has 0 heterocycles. The van der Waals surface area contributed by atoms with Crippen molar-refractivity contribution in [3.63, 3.8) is 0 Å². The highest BCUT2D eigenvalue weighted by Crippen LogP contribution is 2.11. The summed E-state index contributed by atoms with van der Waals surface area (Å²) in [7, 11) is 0. The molecule has 0 aliphatic rings. The summed E-state index contributed by atoms with van der Waals surface area (Å²) in [6.07, 6.45) is 1.49. The number of nitrogens with one attached hydrogen (secondary N) is 1. The summed E-state index contributed by atoms with van der Waals surface area (Å²) in [4.78, 5) is 11.7. The fourth-order valence-electron chi connectivity index (χ4n) is 1.44. The van der Waals surface area contributed by atoms with E-state index < -0.39 is 17.5 Å². The molecule has 0 bridgehead atoms. The van der Waals surface area contributed by atoms with E-state index >= 15 is 0 Å². The van der Waals surface area contributed by atoms with E-state index in [9.17, 15) is 13.6 Å². The topological polar surface area (TPSA) is 29.1 Å². The number of alkyl halides is 1. The predicted molar refractivity (Wildman–Crippen MR) is 66.3 cm³/mol. The van der Waals surface area contributed by atoms with E-state index in [1.807, 2.05) is 6.92 Å². The van der Waals surface area contributed by atoms with Crippen LogP contribution in [-0.2, 0) is 0 Å². The lowest BCUT2D eigenvalue weighted by atomic mass is 10.1. The molecule has 1 rings (SSSR count). The van der Waals surface area contributed by atoms with Crippen LogP contribution in [0.5, 0.6) is 0 Å². The van der Waals surface area contributed by atoms with E-state index in [0.717, 1.165) is 36.4 Å². The molecule has 0 saturated carbocycles. The average Bonchev–Trinajstić information content (AvgIpc) is 2.31. The second-order valence-electron chi connectivity index (χ2n) is 3.68. The number of benzene rings is 1. The van der Waals surface area contributed by atoms with Crippen molar-refractivity contribution in [1.82, 2.24) is 5.32 Å². The molecule has 5 heteroatoms. The van der Waals surface area contributed by atoms with Gasteiger partial charge in [0, 0.05) is 11.4 Å². The van der Waals surface area contributed by atoms with Crippen LogP contribution in [0, 0.1) is 11.6 Å². The Morgan fingerprint density at radius 3 is 2.76 bits per heavy atom. The smallest absolute Gasteiger partial charge is 0.254 e. The predicted octanol–water partition coefficient (Wildman–Crippen LogP) is 3.26. The normalized spacial score (nSPS) is 12.2. The summed E-state index contributed by atoms with van der Waals surface area (Å²) in [5, 5.41) is 3.42. The van der Waals surface area contributed by atoms with Gasteiger partial charge >= 0.3 is 0 Å². The van der Waals surface area contributed by atoms with Gasteiger partial charge in [0.1, 0.15) is 11.6 Å². The van der Waals surface area contributed by atoms with E-state index in [2.05, 4.69) is 21.2 Å². The van der Waals surface area contributed by atoms with Crippen molar-refractivity contribution in [2.24, 2.45) is 0 Å². The average molecular weight is 306 g/mol. The molecule has 0 radical (unpaired) electrons. The fraction of sp³-hybridized carbons (Fsp3) is 0.417. The minimum atomic E-state index is -0.711. The third kappa shape index (κ3) is 4.07. The van der Waals surface area contributed by atoms with Crippen molar-refractivity contribution in [2.75, 3.05) is 5.33 Å². The lowest BCUT2D eigenvalue weighted by Crippen LogP contribution is -2.35. The maximum atomic E-state index is 13.3. The SMILES string of the molecule is CCC(CCBr)NC(=O)c1cc(F)ccc1F. The van der Waals surface area contributed by atoms with E-state index in [1.54, 1.807) is 0 Å². The van der Waals surface area contributed by atoms with Crippen LogP contribution in [-0.4, -0.2) is 17.3 Å². The molecule has 1 unspecified atom stereocenters. The monoisotopic (exact) mass is 305 g/mol. The first-order chi connectivity index (χ1) is 8.08. The van der Waals surface area contributed by atoms with Crippen LogP contribution >= 0.6 is 15.9 Å². The zero-order chi connectivity index (χ0) is 12.8. The Labute approximate surface area is 108 Å². The standard InChI is InChI=1S/C12H14BrF2NO/c1-2-9(5-6-13)16-12(17)10-7-8(14)3-4-11(10)15/h3-4,7,9H,2,5-6H2,1H3,(H,16,17). The summed E-state index contributed by atoms with van der Waals surface area (Å²) in [6.45, 7) is 1.93. The lowest BCUT2D eigenvalue weighted by Gasteiger charge is -2.15. The van der Waals surface area contributed by atoms with Crippen LogP contribution in [0.4, 0.5) is 8.78 Å². The molecule has 1 aromatic carbocycles. The van der Waals surface area contributed by atoms with Gasteiger partial charge < -0.3 is 5.32 Å². The number of carbonyl (C=O) groups is 1. The molecule has 1 atom stereocenters. The largest absolute Gasteiger partial charge is 0.349 e. The summed E-state index contributed by atoms with van der Waals surface area (Å²) in [6, 6.07) is 2.81. The Hall–Kier alpha value is -0.970. The van der Waals surface area contributed by atoms with Crippen molar-refractivity contribution in [1.29, 1.82) is 0 Å². The van der Waals surface area contributed by atoms with Crippen LogP contribution in [0.3, 0.4) is 0 Å². The van der Waals surface area contributed by atoms with E-state index in [-0.39, 0.29) is 11.6 Å². The second kappa shape index (κ2) is 6.69. The Morgan fingerprint density at radius 1 is 1.47 bits per heavy atom. The number of hydrogen-bond acceptors (Lipinski definition) is 1. The number of amides is 1. The number of halogens is 3. The second-order valence-corrected chi connectivity index (χ2v) is 4.47. The molecule has 0 aromatic heterocycles. The molecule has 0 aliphatic carbocycles. The molecule has 2 nitrogen and oxygen atoms in total. The summed E-state index contributed by atoms with van der Waals surface area (Å²) in [5.74, 6) is -1.91. The van der Waals surface area contributed by atoms with Gasteiger partial charge in [-0.25, -0.2) is 8.78 Å². The van der Waals surface area contributed by atoms with Crippen LogP contribution in [0.2, 0.25) is 0 Å². The first kappa shape index (κ1) is 14.1. The van der Waals surface area contributed by atoms with Crippen molar-refractivity contribution in [3.05, 3.63) is 35.4 Å². The Kier molecular flexibility index (Phi) is 5.55. The van der Waals surface area contributed by atoms with Crippen molar-refractivity contribution < 1.29 is 13.6 Å². The van der Waals surface area contributed by atoms with Gasteiger partial charge in [0.15, 0.2) is 0 Å². The van der Waals surface area contributed by atoms with Crippen LogP contribution in [0.25, 0.3) is 0 Å². The molecular formula is C12H14BrF2NO. The lowest BCUT2D eigenvalue weighted by molar-refractivity contribution is 0.0930. The van der Waals surface area contributed by atoms with Crippen LogP contribution in [0.15, 0.2) is 18.2 Å². The van der Waals surface area contributed by atoms with Gasteiger partial charge in [0.2, 0.25) is 0 Å². The van der Waals surface area contributed by atoms with E-state index in [0.29, 0.717) is 0 Å². The third-order valence-corrected chi connectivity index (χ3v) is 2.92. The van der Waals surface area contributed by atoms with Gasteiger partial charge in [-0.2, -0.15) is 0 Å². The highest BCUT2D eigenvalue weighted by Gasteiger charge is 2.15. The first-order valence-corrected chi connectivity index (χ1v) is 6.52. The van der Waals surface area contributed by atoms with Crippen LogP contribution in [0.1, 0.15) is 30.1 Å². The molecule has 1 amide bonds. The van der Waals surface area contributed by atoms with Crippen molar-refractivity contribution >= 4 is 21.8 Å². The maximum Gasteiger partial charge on any atom is 0.254 e. The molecule has 0 aliphatic heterocycles. The first-order valence-electron chi connectivity index (χ1n) is 5.40. The van der Waals surface area contributed by atoms with Crippen molar-refractivity contribution in [3.8, 4) is 0 Å². The summed E-state index contributed by atoms with van der Waals surface area (Å²) >= 11 is 3.28. The molecule has 17 heavy (non-hydrogen) atoms. The minimum absolute atomic E-state index is 0.0375. The van der Waals surface area contributed by atoms with Gasteiger partial charge in [0.25, 0.3) is 5.91 Å². The number of hydrogen-bond donors (Lipinski definition) is 1. The molecule has 0 spiro atoms. The highest BCUT2D eigenvalue weighted by molar-refractivity contribution is 9.09. The Balaban J connectivity index is 2.78. The molecule has 0 saturated heterocycles. The molecular weight excluding hydrogens is 292 g/mol. The van der Waals surface area contributed by atoms with Gasteiger partial charge in [-0.05, 0) is 31.0 Å². The number of rotatable bonds is 5. The van der Waals surface area contributed by atoms with E-state index in [4.69, 9.17) is 0 Å². The molecule has 1 aromatic rings. The van der Waals surface area contributed by atoms with Gasteiger partial charge in [-0.1, -0.05) is 22.9 Å². The van der Waals surface area contributed by atoms with Gasteiger partial charge in [0.05, 0.1) is 5.56 Å². The quantitative estimate of drug-likeness (QED) is 0.831. The molecule has 1 N–H and O–H groups in total.